The van der Waals surface area contributed by atoms with Crippen molar-refractivity contribution in [2.24, 2.45) is 0 Å². The number of amides is 1. The van der Waals surface area contributed by atoms with E-state index in [0.29, 0.717) is 23.6 Å². The van der Waals surface area contributed by atoms with Crippen molar-refractivity contribution in [1.82, 2.24) is 5.16 Å². The highest BCUT2D eigenvalue weighted by molar-refractivity contribution is 9.10. The molecule has 0 aliphatic heterocycles. The standard InChI is InChI=1S/C20H19BrN2O4/c1-13-18(19(27-22-13)15-6-8-16(21)9-7-15)23(20(24)25)11-10-14-4-3-5-17(12-14)26-2/h3-9,12H,10-11H2,1-2H3,(H,24,25). The van der Waals surface area contributed by atoms with Gasteiger partial charge in [0.05, 0.1) is 7.11 Å². The number of aromatic nitrogens is 1. The number of halogens is 1. The normalized spacial score (nSPS) is 10.6. The first-order chi connectivity index (χ1) is 13.0. The van der Waals surface area contributed by atoms with Gasteiger partial charge >= 0.3 is 6.09 Å². The van der Waals surface area contributed by atoms with Gasteiger partial charge < -0.3 is 14.4 Å². The Bertz CT molecular complexity index is 937. The van der Waals surface area contributed by atoms with Crippen molar-refractivity contribution < 1.29 is 19.2 Å². The van der Waals surface area contributed by atoms with Gasteiger partial charge in [0.25, 0.3) is 0 Å². The number of carbonyl (C=O) groups is 1. The molecule has 0 unspecified atom stereocenters. The van der Waals surface area contributed by atoms with Crippen LogP contribution >= 0.6 is 15.9 Å². The van der Waals surface area contributed by atoms with Gasteiger partial charge in [-0.3, -0.25) is 4.90 Å². The maximum absolute atomic E-state index is 12.0. The molecule has 0 saturated carbocycles. The van der Waals surface area contributed by atoms with E-state index in [2.05, 4.69) is 21.1 Å². The van der Waals surface area contributed by atoms with Gasteiger partial charge in [-0.25, -0.2) is 4.79 Å². The molecule has 3 rings (SSSR count). The highest BCUT2D eigenvalue weighted by Crippen LogP contribution is 2.34. The number of carboxylic acid groups (broad SMARTS) is 1. The summed E-state index contributed by atoms with van der Waals surface area (Å²) in [6.45, 7) is 2.01. The Morgan fingerprint density at radius 1 is 1.26 bits per heavy atom. The second-order valence-electron chi connectivity index (χ2n) is 5.99. The van der Waals surface area contributed by atoms with Crippen molar-refractivity contribution in [1.29, 1.82) is 0 Å². The fraction of sp³-hybridized carbons (Fsp3) is 0.200. The zero-order valence-electron chi connectivity index (χ0n) is 15.0. The molecule has 0 aliphatic rings. The molecule has 0 spiro atoms. The SMILES string of the molecule is COc1cccc(CCN(C(=O)O)c2c(C)noc2-c2ccc(Br)cc2)c1. The monoisotopic (exact) mass is 430 g/mol. The van der Waals surface area contributed by atoms with E-state index in [1.807, 2.05) is 48.5 Å². The van der Waals surface area contributed by atoms with Crippen molar-refractivity contribution in [3.05, 3.63) is 64.3 Å². The lowest BCUT2D eigenvalue weighted by molar-refractivity contribution is 0.202. The Balaban J connectivity index is 1.90. The summed E-state index contributed by atoms with van der Waals surface area (Å²) in [4.78, 5) is 13.2. The second-order valence-corrected chi connectivity index (χ2v) is 6.90. The number of aryl methyl sites for hydroxylation is 1. The van der Waals surface area contributed by atoms with E-state index >= 15 is 0 Å². The van der Waals surface area contributed by atoms with Crippen LogP contribution in [-0.4, -0.2) is 30.0 Å². The van der Waals surface area contributed by atoms with E-state index in [0.717, 1.165) is 21.3 Å². The lowest BCUT2D eigenvalue weighted by Crippen LogP contribution is -2.32. The Morgan fingerprint density at radius 3 is 2.67 bits per heavy atom. The van der Waals surface area contributed by atoms with Crippen LogP contribution in [0.25, 0.3) is 11.3 Å². The first-order valence-corrected chi connectivity index (χ1v) is 9.14. The summed E-state index contributed by atoms with van der Waals surface area (Å²) in [5, 5.41) is 13.8. The topological polar surface area (TPSA) is 75.8 Å². The van der Waals surface area contributed by atoms with Crippen molar-refractivity contribution in [3.8, 4) is 17.1 Å². The third-order valence-electron chi connectivity index (χ3n) is 4.20. The fourth-order valence-electron chi connectivity index (χ4n) is 2.85. The van der Waals surface area contributed by atoms with Gasteiger partial charge in [-0.2, -0.15) is 0 Å². The minimum absolute atomic E-state index is 0.272. The molecular weight excluding hydrogens is 412 g/mol. The minimum atomic E-state index is -1.05. The highest BCUT2D eigenvalue weighted by Gasteiger charge is 2.25. The maximum Gasteiger partial charge on any atom is 0.412 e. The number of hydrogen-bond donors (Lipinski definition) is 1. The fourth-order valence-corrected chi connectivity index (χ4v) is 3.11. The molecule has 6 nitrogen and oxygen atoms in total. The number of anilines is 1. The largest absolute Gasteiger partial charge is 0.497 e. The molecule has 1 amide bonds. The molecule has 0 atom stereocenters. The van der Waals surface area contributed by atoms with Crippen LogP contribution < -0.4 is 9.64 Å². The van der Waals surface area contributed by atoms with E-state index < -0.39 is 6.09 Å². The van der Waals surface area contributed by atoms with Crippen LogP contribution in [0.1, 0.15) is 11.3 Å². The third-order valence-corrected chi connectivity index (χ3v) is 4.73. The van der Waals surface area contributed by atoms with Crippen molar-refractivity contribution in [2.45, 2.75) is 13.3 Å². The summed E-state index contributed by atoms with van der Waals surface area (Å²) < 4.78 is 11.6. The summed E-state index contributed by atoms with van der Waals surface area (Å²) in [6, 6.07) is 15.0. The van der Waals surface area contributed by atoms with Crippen LogP contribution in [0.5, 0.6) is 5.75 Å². The number of benzene rings is 2. The first-order valence-electron chi connectivity index (χ1n) is 8.35. The summed E-state index contributed by atoms with van der Waals surface area (Å²) in [5.41, 5.74) is 2.75. The van der Waals surface area contributed by atoms with E-state index in [4.69, 9.17) is 9.26 Å². The Hall–Kier alpha value is -2.80. The summed E-state index contributed by atoms with van der Waals surface area (Å²) in [6.07, 6.45) is -0.518. The number of nitrogens with zero attached hydrogens (tertiary/aromatic N) is 2. The third kappa shape index (κ3) is 4.31. The number of ether oxygens (including phenoxy) is 1. The molecule has 0 aliphatic carbocycles. The molecule has 0 fully saturated rings. The molecule has 27 heavy (non-hydrogen) atoms. The van der Waals surface area contributed by atoms with E-state index in [9.17, 15) is 9.90 Å². The van der Waals surface area contributed by atoms with Gasteiger partial charge in [0.15, 0.2) is 5.76 Å². The lowest BCUT2D eigenvalue weighted by Gasteiger charge is -2.19. The van der Waals surface area contributed by atoms with Crippen LogP contribution in [-0.2, 0) is 6.42 Å². The quantitative estimate of drug-likeness (QED) is 0.585. The van der Waals surface area contributed by atoms with Crippen LogP contribution in [0.2, 0.25) is 0 Å². The zero-order valence-corrected chi connectivity index (χ0v) is 16.6. The Morgan fingerprint density at radius 2 is 2.00 bits per heavy atom. The van der Waals surface area contributed by atoms with Crippen molar-refractivity contribution in [3.63, 3.8) is 0 Å². The van der Waals surface area contributed by atoms with Gasteiger partial charge in [0.1, 0.15) is 17.1 Å². The average Bonchev–Trinajstić information content (AvgIpc) is 3.04. The number of hydrogen-bond acceptors (Lipinski definition) is 4. The maximum atomic E-state index is 12.0. The number of methoxy groups -OCH3 is 1. The highest BCUT2D eigenvalue weighted by atomic mass is 79.9. The molecule has 0 saturated heterocycles. The van der Waals surface area contributed by atoms with Crippen LogP contribution in [0.15, 0.2) is 57.5 Å². The zero-order chi connectivity index (χ0) is 19.4. The molecular formula is C20H19BrN2O4. The van der Waals surface area contributed by atoms with Crippen LogP contribution in [0.3, 0.4) is 0 Å². The van der Waals surface area contributed by atoms with Gasteiger partial charge in [0, 0.05) is 16.6 Å². The van der Waals surface area contributed by atoms with E-state index in [1.54, 1.807) is 14.0 Å². The van der Waals surface area contributed by atoms with E-state index in [1.165, 1.54) is 4.90 Å². The minimum Gasteiger partial charge on any atom is -0.497 e. The lowest BCUT2D eigenvalue weighted by atomic mass is 10.1. The molecule has 1 aromatic heterocycles. The molecule has 1 heterocycles. The van der Waals surface area contributed by atoms with E-state index in [-0.39, 0.29) is 6.54 Å². The van der Waals surface area contributed by atoms with Crippen LogP contribution in [0, 0.1) is 6.92 Å². The van der Waals surface area contributed by atoms with Crippen molar-refractivity contribution >= 4 is 27.7 Å². The van der Waals surface area contributed by atoms with Gasteiger partial charge in [-0.05, 0) is 55.3 Å². The predicted octanol–water partition coefficient (Wildman–Crippen LogP) is 5.15. The summed E-state index contributed by atoms with van der Waals surface area (Å²) >= 11 is 3.40. The predicted molar refractivity (Wildman–Crippen MR) is 106 cm³/mol. The molecule has 0 radical (unpaired) electrons. The summed E-state index contributed by atoms with van der Waals surface area (Å²) in [5.74, 6) is 1.18. The Labute approximate surface area is 165 Å². The molecule has 7 heteroatoms. The molecule has 3 aromatic rings. The van der Waals surface area contributed by atoms with Gasteiger partial charge in [-0.15, -0.1) is 0 Å². The van der Waals surface area contributed by atoms with Crippen LogP contribution in [0.4, 0.5) is 10.5 Å². The second kappa shape index (κ2) is 8.26. The molecule has 1 N–H and O–H groups in total. The Kier molecular flexibility index (Phi) is 5.81. The number of rotatable bonds is 6. The van der Waals surface area contributed by atoms with Gasteiger partial charge in [-0.1, -0.05) is 33.2 Å². The summed E-state index contributed by atoms with van der Waals surface area (Å²) in [7, 11) is 1.60. The smallest absolute Gasteiger partial charge is 0.412 e. The first kappa shape index (κ1) is 19.0. The van der Waals surface area contributed by atoms with Gasteiger partial charge in [0.2, 0.25) is 0 Å². The molecule has 0 bridgehead atoms. The van der Waals surface area contributed by atoms with Crippen molar-refractivity contribution in [2.75, 3.05) is 18.6 Å². The molecule has 2 aromatic carbocycles. The average molecular weight is 431 g/mol. The molecule has 140 valence electrons.